The number of hydrogen-bond donors (Lipinski definition) is 0. The maximum absolute atomic E-state index is 12.7. The van der Waals surface area contributed by atoms with Crippen molar-refractivity contribution in [2.45, 2.75) is 38.8 Å². The minimum atomic E-state index is -0.520. The summed E-state index contributed by atoms with van der Waals surface area (Å²) < 4.78 is 12.7. The van der Waals surface area contributed by atoms with Crippen LogP contribution in [0.3, 0.4) is 0 Å². The van der Waals surface area contributed by atoms with Crippen LogP contribution in [0.1, 0.15) is 32.6 Å². The van der Waals surface area contributed by atoms with Gasteiger partial charge in [-0.15, -0.1) is 0 Å². The highest BCUT2D eigenvalue weighted by Gasteiger charge is 2.16. The first-order valence-corrected chi connectivity index (χ1v) is 4.69. The Bertz CT molecular complexity index is 95.0. The van der Waals surface area contributed by atoms with Crippen LogP contribution in [0.5, 0.6) is 0 Å². The summed E-state index contributed by atoms with van der Waals surface area (Å²) in [4.78, 5) is 2.37. The molecule has 1 aliphatic rings. The average molecular weight is 159 g/mol. The van der Waals surface area contributed by atoms with Gasteiger partial charge in [-0.2, -0.15) is 0 Å². The third-order valence-electron chi connectivity index (χ3n) is 2.35. The average Bonchev–Trinajstić information content (AvgIpc) is 2.04. The van der Waals surface area contributed by atoms with Gasteiger partial charge < -0.3 is 4.90 Å². The summed E-state index contributed by atoms with van der Waals surface area (Å²) >= 11 is 0. The lowest BCUT2D eigenvalue weighted by Gasteiger charge is -2.28. The monoisotopic (exact) mass is 159 g/mol. The zero-order chi connectivity index (χ0) is 8.10. The summed E-state index contributed by atoms with van der Waals surface area (Å²) in [5, 5.41) is 0. The predicted molar refractivity (Wildman–Crippen MR) is 45.5 cm³/mol. The largest absolute Gasteiger partial charge is 0.303 e. The third kappa shape index (κ3) is 3.19. The van der Waals surface area contributed by atoms with E-state index in [4.69, 9.17) is 0 Å². The van der Waals surface area contributed by atoms with Crippen LogP contribution in [-0.4, -0.2) is 30.7 Å². The summed E-state index contributed by atoms with van der Waals surface area (Å²) in [5.41, 5.74) is 0. The van der Waals surface area contributed by atoms with E-state index in [-0.39, 0.29) is 0 Å². The van der Waals surface area contributed by atoms with E-state index >= 15 is 0 Å². The topological polar surface area (TPSA) is 3.24 Å². The molecule has 66 valence electrons. The molecular weight excluding hydrogens is 141 g/mol. The van der Waals surface area contributed by atoms with Crippen molar-refractivity contribution in [2.75, 3.05) is 19.6 Å². The van der Waals surface area contributed by atoms with Gasteiger partial charge in [0, 0.05) is 13.1 Å². The van der Waals surface area contributed by atoms with Gasteiger partial charge in [-0.05, 0) is 25.8 Å². The summed E-state index contributed by atoms with van der Waals surface area (Å²) in [6, 6.07) is 0. The Morgan fingerprint density at radius 2 is 2.00 bits per heavy atom. The maximum Gasteiger partial charge on any atom is 0.103 e. The smallest absolute Gasteiger partial charge is 0.103 e. The summed E-state index contributed by atoms with van der Waals surface area (Å²) in [6.45, 7) is 5.31. The van der Waals surface area contributed by atoms with Gasteiger partial charge in [0.2, 0.25) is 0 Å². The highest BCUT2D eigenvalue weighted by molar-refractivity contribution is 4.70. The minimum absolute atomic E-state index is 0.520. The molecule has 2 heteroatoms. The minimum Gasteiger partial charge on any atom is -0.303 e. The highest BCUT2D eigenvalue weighted by Crippen LogP contribution is 2.13. The number of likely N-dealkylation sites (tertiary alicyclic amines) is 1. The van der Waals surface area contributed by atoms with Gasteiger partial charge in [-0.1, -0.05) is 13.3 Å². The van der Waals surface area contributed by atoms with E-state index in [9.17, 15) is 4.39 Å². The molecule has 1 saturated heterocycles. The second kappa shape index (κ2) is 4.70. The molecule has 0 N–H and O–H groups in total. The van der Waals surface area contributed by atoms with Crippen LogP contribution in [0.15, 0.2) is 0 Å². The molecule has 0 unspecified atom stereocenters. The maximum atomic E-state index is 12.7. The highest BCUT2D eigenvalue weighted by atomic mass is 19.1. The second-order valence-corrected chi connectivity index (χ2v) is 3.37. The first kappa shape index (κ1) is 8.98. The van der Waals surface area contributed by atoms with Crippen molar-refractivity contribution in [1.29, 1.82) is 0 Å². The molecule has 0 aromatic rings. The number of nitrogens with zero attached hydrogens (tertiary/aromatic N) is 1. The lowest BCUT2D eigenvalue weighted by Crippen LogP contribution is -2.34. The molecule has 0 bridgehead atoms. The first-order chi connectivity index (χ1) is 5.33. The van der Waals surface area contributed by atoms with Gasteiger partial charge in [0.1, 0.15) is 6.17 Å². The van der Waals surface area contributed by atoms with Crippen LogP contribution in [0.4, 0.5) is 4.39 Å². The van der Waals surface area contributed by atoms with E-state index in [1.807, 2.05) is 0 Å². The van der Waals surface area contributed by atoms with Gasteiger partial charge in [-0.25, -0.2) is 4.39 Å². The fourth-order valence-electron chi connectivity index (χ4n) is 1.51. The number of hydrogen-bond acceptors (Lipinski definition) is 1. The standard InChI is InChI=1S/C9H18FN/c1-2-3-6-11-7-4-9(10)5-8-11/h9H,2-8H2,1H3. The Hall–Kier alpha value is -0.110. The molecule has 0 radical (unpaired) electrons. The quantitative estimate of drug-likeness (QED) is 0.610. The van der Waals surface area contributed by atoms with Crippen LogP contribution < -0.4 is 0 Å². The summed E-state index contributed by atoms with van der Waals surface area (Å²) in [7, 11) is 0. The van der Waals surface area contributed by atoms with E-state index in [1.54, 1.807) is 0 Å². The van der Waals surface area contributed by atoms with E-state index in [0.29, 0.717) is 0 Å². The van der Waals surface area contributed by atoms with Gasteiger partial charge in [-0.3, -0.25) is 0 Å². The molecule has 1 rings (SSSR count). The van der Waals surface area contributed by atoms with Gasteiger partial charge >= 0.3 is 0 Å². The van der Waals surface area contributed by atoms with Crippen molar-refractivity contribution in [3.63, 3.8) is 0 Å². The number of rotatable bonds is 3. The lowest BCUT2D eigenvalue weighted by molar-refractivity contribution is 0.149. The Labute approximate surface area is 68.6 Å². The van der Waals surface area contributed by atoms with Gasteiger partial charge in [0.15, 0.2) is 0 Å². The fourth-order valence-corrected chi connectivity index (χ4v) is 1.51. The van der Waals surface area contributed by atoms with Crippen LogP contribution in [0.2, 0.25) is 0 Å². The molecule has 1 aliphatic heterocycles. The van der Waals surface area contributed by atoms with E-state index in [2.05, 4.69) is 11.8 Å². The SMILES string of the molecule is CCCCN1CCC(F)CC1. The Kier molecular flexibility index (Phi) is 3.84. The molecule has 0 aliphatic carbocycles. The molecule has 0 spiro atoms. The number of piperidine rings is 1. The van der Waals surface area contributed by atoms with Crippen molar-refractivity contribution in [2.24, 2.45) is 0 Å². The zero-order valence-electron chi connectivity index (χ0n) is 7.35. The lowest BCUT2D eigenvalue weighted by atomic mass is 10.1. The Balaban J connectivity index is 2.07. The molecule has 0 atom stereocenters. The van der Waals surface area contributed by atoms with Crippen molar-refractivity contribution in [3.8, 4) is 0 Å². The predicted octanol–water partition coefficient (Wildman–Crippen LogP) is 2.22. The van der Waals surface area contributed by atoms with Crippen LogP contribution in [0, 0.1) is 0 Å². The van der Waals surface area contributed by atoms with Crippen LogP contribution in [-0.2, 0) is 0 Å². The van der Waals surface area contributed by atoms with Crippen molar-refractivity contribution < 1.29 is 4.39 Å². The molecule has 0 aromatic heterocycles. The third-order valence-corrected chi connectivity index (χ3v) is 2.35. The van der Waals surface area contributed by atoms with E-state index in [1.165, 1.54) is 19.4 Å². The van der Waals surface area contributed by atoms with Gasteiger partial charge in [0.05, 0.1) is 0 Å². The Morgan fingerprint density at radius 3 is 2.55 bits per heavy atom. The summed E-state index contributed by atoms with van der Waals surface area (Å²) in [6.07, 6.45) is 3.49. The molecule has 0 aromatic carbocycles. The Morgan fingerprint density at radius 1 is 1.36 bits per heavy atom. The molecule has 0 saturated carbocycles. The molecule has 1 nitrogen and oxygen atoms in total. The van der Waals surface area contributed by atoms with E-state index < -0.39 is 6.17 Å². The number of alkyl halides is 1. The van der Waals surface area contributed by atoms with Crippen molar-refractivity contribution in [3.05, 3.63) is 0 Å². The molecule has 1 fully saturated rings. The van der Waals surface area contributed by atoms with Gasteiger partial charge in [0.25, 0.3) is 0 Å². The first-order valence-electron chi connectivity index (χ1n) is 4.69. The molecule has 1 heterocycles. The van der Waals surface area contributed by atoms with Crippen LogP contribution >= 0.6 is 0 Å². The zero-order valence-corrected chi connectivity index (χ0v) is 7.35. The molecular formula is C9H18FN. The van der Waals surface area contributed by atoms with Crippen LogP contribution in [0.25, 0.3) is 0 Å². The second-order valence-electron chi connectivity index (χ2n) is 3.37. The molecule has 11 heavy (non-hydrogen) atoms. The van der Waals surface area contributed by atoms with E-state index in [0.717, 1.165) is 25.9 Å². The number of unbranched alkanes of at least 4 members (excludes halogenated alkanes) is 1. The number of halogens is 1. The van der Waals surface area contributed by atoms with Crippen molar-refractivity contribution >= 4 is 0 Å². The molecule has 0 amide bonds. The normalized spacial score (nSPS) is 22.4. The summed E-state index contributed by atoms with van der Waals surface area (Å²) in [5.74, 6) is 0. The van der Waals surface area contributed by atoms with Crippen molar-refractivity contribution in [1.82, 2.24) is 4.90 Å². The fraction of sp³-hybridized carbons (Fsp3) is 1.00.